The fraction of sp³-hybridized carbons (Fsp3) is 0.562. The molecule has 1 aromatic carbocycles. The third-order valence-corrected chi connectivity index (χ3v) is 4.53. The Balaban J connectivity index is 2.08. The Morgan fingerprint density at radius 2 is 1.89 bits per heavy atom. The number of hydrogen-bond donors (Lipinski definition) is 0. The van der Waals surface area contributed by atoms with E-state index in [1.54, 1.807) is 0 Å². The van der Waals surface area contributed by atoms with Gasteiger partial charge in [0.1, 0.15) is 0 Å². The highest BCUT2D eigenvalue weighted by molar-refractivity contribution is 5.83. The second kappa shape index (κ2) is 4.26. The maximum absolute atomic E-state index is 12.0. The first-order chi connectivity index (χ1) is 9.04. The normalized spacial score (nSPS) is 17.3. The van der Waals surface area contributed by atoms with Gasteiger partial charge in [0.2, 0.25) is 0 Å². The Labute approximate surface area is 114 Å². The minimum atomic E-state index is -0.564. The van der Waals surface area contributed by atoms with Gasteiger partial charge < -0.3 is 9.64 Å². The van der Waals surface area contributed by atoms with Crippen molar-refractivity contribution in [2.45, 2.75) is 38.5 Å². The molecule has 0 atom stereocenters. The summed E-state index contributed by atoms with van der Waals surface area (Å²) in [6.45, 7) is 6.20. The van der Waals surface area contributed by atoms with Crippen LogP contribution in [0.4, 0.5) is 5.69 Å². The molecule has 0 radical (unpaired) electrons. The molecule has 0 N–H and O–H groups in total. The molecule has 2 aliphatic rings. The van der Waals surface area contributed by atoms with Crippen LogP contribution in [0.3, 0.4) is 0 Å². The van der Waals surface area contributed by atoms with Gasteiger partial charge in [-0.05, 0) is 49.8 Å². The molecule has 0 saturated carbocycles. The van der Waals surface area contributed by atoms with Crippen LogP contribution in [0.1, 0.15) is 37.0 Å². The SMILES string of the molecule is COC(=O)C(C)(C)c1cc2c3c(c1)CCN3CCC2. The zero-order valence-corrected chi connectivity index (χ0v) is 12.0. The first-order valence-electron chi connectivity index (χ1n) is 7.03. The molecular formula is C16H21NO2. The number of rotatable bonds is 2. The molecule has 0 spiro atoms. The van der Waals surface area contributed by atoms with Crippen molar-refractivity contribution in [1.82, 2.24) is 0 Å². The Hall–Kier alpha value is -1.51. The Bertz CT molecular complexity index is 534. The van der Waals surface area contributed by atoms with Crippen molar-refractivity contribution in [1.29, 1.82) is 0 Å². The van der Waals surface area contributed by atoms with E-state index in [0.717, 1.165) is 24.9 Å². The van der Waals surface area contributed by atoms with Crippen molar-refractivity contribution in [3.05, 3.63) is 28.8 Å². The van der Waals surface area contributed by atoms with Gasteiger partial charge in [0.15, 0.2) is 0 Å². The number of carbonyl (C=O) groups excluding carboxylic acids is 1. The van der Waals surface area contributed by atoms with Gasteiger partial charge in [0.05, 0.1) is 12.5 Å². The van der Waals surface area contributed by atoms with Crippen LogP contribution >= 0.6 is 0 Å². The zero-order valence-electron chi connectivity index (χ0n) is 12.0. The lowest BCUT2D eigenvalue weighted by molar-refractivity contribution is -0.146. The molecule has 19 heavy (non-hydrogen) atoms. The Morgan fingerprint density at radius 3 is 2.58 bits per heavy atom. The predicted molar refractivity (Wildman–Crippen MR) is 75.7 cm³/mol. The molecule has 2 aliphatic heterocycles. The molecule has 102 valence electrons. The van der Waals surface area contributed by atoms with Crippen LogP contribution in [-0.4, -0.2) is 26.2 Å². The average Bonchev–Trinajstić information content (AvgIpc) is 2.83. The van der Waals surface area contributed by atoms with Crippen molar-refractivity contribution < 1.29 is 9.53 Å². The highest BCUT2D eigenvalue weighted by Crippen LogP contribution is 2.39. The number of benzene rings is 1. The van der Waals surface area contributed by atoms with Crippen LogP contribution in [-0.2, 0) is 27.8 Å². The molecule has 0 amide bonds. The quantitative estimate of drug-likeness (QED) is 0.764. The molecule has 0 unspecified atom stereocenters. The van der Waals surface area contributed by atoms with Crippen LogP contribution in [0.15, 0.2) is 12.1 Å². The molecule has 1 aromatic rings. The van der Waals surface area contributed by atoms with Gasteiger partial charge in [-0.15, -0.1) is 0 Å². The number of ether oxygens (including phenoxy) is 1. The van der Waals surface area contributed by atoms with Crippen LogP contribution in [0.5, 0.6) is 0 Å². The van der Waals surface area contributed by atoms with Crippen LogP contribution in [0.2, 0.25) is 0 Å². The maximum atomic E-state index is 12.0. The Morgan fingerprint density at radius 1 is 1.21 bits per heavy atom. The lowest BCUT2D eigenvalue weighted by Crippen LogP contribution is -2.31. The minimum absolute atomic E-state index is 0.162. The summed E-state index contributed by atoms with van der Waals surface area (Å²) in [5, 5.41) is 0. The second-order valence-corrected chi connectivity index (χ2v) is 6.10. The zero-order chi connectivity index (χ0) is 13.6. The number of aryl methyl sites for hydroxylation is 1. The first-order valence-corrected chi connectivity index (χ1v) is 7.03. The summed E-state index contributed by atoms with van der Waals surface area (Å²) >= 11 is 0. The van der Waals surface area contributed by atoms with Crippen molar-refractivity contribution in [3.63, 3.8) is 0 Å². The third kappa shape index (κ3) is 1.83. The topological polar surface area (TPSA) is 29.5 Å². The van der Waals surface area contributed by atoms with Gasteiger partial charge in [0.25, 0.3) is 0 Å². The predicted octanol–water partition coefficient (Wildman–Crippen LogP) is 2.45. The lowest BCUT2D eigenvalue weighted by atomic mass is 9.81. The van der Waals surface area contributed by atoms with E-state index in [2.05, 4.69) is 17.0 Å². The van der Waals surface area contributed by atoms with E-state index in [1.807, 2.05) is 13.8 Å². The smallest absolute Gasteiger partial charge is 0.315 e. The summed E-state index contributed by atoms with van der Waals surface area (Å²) < 4.78 is 4.95. The number of carbonyl (C=O) groups is 1. The summed E-state index contributed by atoms with van der Waals surface area (Å²) in [5.41, 5.74) is 4.79. The number of methoxy groups -OCH3 is 1. The van der Waals surface area contributed by atoms with Gasteiger partial charge in [-0.3, -0.25) is 4.79 Å². The van der Waals surface area contributed by atoms with E-state index in [-0.39, 0.29) is 5.97 Å². The summed E-state index contributed by atoms with van der Waals surface area (Å²) in [6, 6.07) is 4.42. The average molecular weight is 259 g/mol. The van der Waals surface area contributed by atoms with E-state index in [0.29, 0.717) is 0 Å². The third-order valence-electron chi connectivity index (χ3n) is 4.53. The highest BCUT2D eigenvalue weighted by Gasteiger charge is 2.34. The van der Waals surface area contributed by atoms with Gasteiger partial charge in [-0.2, -0.15) is 0 Å². The van der Waals surface area contributed by atoms with Crippen molar-refractivity contribution in [2.24, 2.45) is 0 Å². The van der Waals surface area contributed by atoms with Crippen LogP contribution < -0.4 is 4.90 Å². The molecule has 0 aliphatic carbocycles. The van der Waals surface area contributed by atoms with E-state index in [1.165, 1.54) is 36.9 Å². The van der Waals surface area contributed by atoms with Crippen LogP contribution in [0.25, 0.3) is 0 Å². The molecule has 3 heteroatoms. The van der Waals surface area contributed by atoms with Gasteiger partial charge in [-0.1, -0.05) is 12.1 Å². The van der Waals surface area contributed by atoms with E-state index < -0.39 is 5.41 Å². The molecule has 3 nitrogen and oxygen atoms in total. The first kappa shape index (κ1) is 12.5. The fourth-order valence-electron chi connectivity index (χ4n) is 3.33. The van der Waals surface area contributed by atoms with E-state index in [9.17, 15) is 4.79 Å². The largest absolute Gasteiger partial charge is 0.468 e. The fourth-order valence-corrected chi connectivity index (χ4v) is 3.33. The molecule has 0 aromatic heterocycles. The molecule has 3 rings (SSSR count). The number of esters is 1. The van der Waals surface area contributed by atoms with Gasteiger partial charge in [0, 0.05) is 18.8 Å². The van der Waals surface area contributed by atoms with Crippen molar-refractivity contribution in [3.8, 4) is 0 Å². The monoisotopic (exact) mass is 259 g/mol. The number of nitrogens with zero attached hydrogens (tertiary/aromatic N) is 1. The summed E-state index contributed by atoms with van der Waals surface area (Å²) in [5.74, 6) is -0.162. The molecule has 0 saturated heterocycles. The lowest BCUT2D eigenvalue weighted by Gasteiger charge is -2.29. The standard InChI is InChI=1S/C16H21NO2/c1-16(2,15(18)19-3)13-9-11-5-4-7-17-8-6-12(10-13)14(11)17/h9-10H,4-8H2,1-3H3. The van der Waals surface area contributed by atoms with Crippen molar-refractivity contribution in [2.75, 3.05) is 25.1 Å². The summed E-state index contributed by atoms with van der Waals surface area (Å²) in [4.78, 5) is 14.5. The highest BCUT2D eigenvalue weighted by atomic mass is 16.5. The maximum Gasteiger partial charge on any atom is 0.315 e. The van der Waals surface area contributed by atoms with E-state index >= 15 is 0 Å². The summed E-state index contributed by atoms with van der Waals surface area (Å²) in [6.07, 6.45) is 3.45. The molecular weight excluding hydrogens is 238 g/mol. The van der Waals surface area contributed by atoms with Gasteiger partial charge in [-0.25, -0.2) is 0 Å². The number of anilines is 1. The minimum Gasteiger partial charge on any atom is -0.468 e. The molecule has 0 fully saturated rings. The summed E-state index contributed by atoms with van der Waals surface area (Å²) in [7, 11) is 1.46. The second-order valence-electron chi connectivity index (χ2n) is 6.10. The molecule has 2 heterocycles. The van der Waals surface area contributed by atoms with E-state index in [4.69, 9.17) is 4.74 Å². The number of hydrogen-bond acceptors (Lipinski definition) is 3. The van der Waals surface area contributed by atoms with Gasteiger partial charge >= 0.3 is 5.97 Å². The molecule has 0 bridgehead atoms. The van der Waals surface area contributed by atoms with Crippen LogP contribution in [0, 0.1) is 0 Å². The van der Waals surface area contributed by atoms with Crippen molar-refractivity contribution >= 4 is 11.7 Å². The Kier molecular flexibility index (Phi) is 2.80.